The van der Waals surface area contributed by atoms with E-state index in [1.807, 2.05) is 0 Å². The Bertz CT molecular complexity index is 19.3. The molecule has 0 fully saturated rings. The molecule has 14 heteroatoms. The van der Waals surface area contributed by atoms with Crippen LogP contribution in [0.3, 0.4) is 0 Å². The first-order chi connectivity index (χ1) is 0. The Morgan fingerprint density at radius 2 is 0.214 bits per heavy atom. The topological polar surface area (TPSA) is 140 Å². The second kappa shape index (κ2) is 488. The van der Waals surface area contributed by atoms with Gasteiger partial charge in [0, 0.05) is 34.1 Å². The van der Waals surface area contributed by atoms with E-state index in [0.29, 0.717) is 0 Å². The monoisotopic (exact) mass is 434 g/mol. The van der Waals surface area contributed by atoms with Crippen LogP contribution in [0.1, 0.15) is 0 Å². The molecule has 0 atom stereocenters. The molecule has 0 aliphatic carbocycles. The van der Waals surface area contributed by atoms with Crippen LogP contribution in [0.25, 0.3) is 0 Å². The average Bonchev–Trinajstić information content (AvgIpc) is 0. The first-order valence-corrected chi connectivity index (χ1v) is 0. The van der Waals surface area contributed by atoms with Crippen LogP contribution in [0.15, 0.2) is 0 Å². The summed E-state index contributed by atoms with van der Waals surface area (Å²) in [4.78, 5) is 0. The number of hydrogen-bond donors (Lipinski definition) is 4. The van der Waals surface area contributed by atoms with E-state index >= 15 is 0 Å². The number of rotatable bonds is 0. The van der Waals surface area contributed by atoms with Gasteiger partial charge in [0.2, 0.25) is 0 Å². The summed E-state index contributed by atoms with van der Waals surface area (Å²) in [5.74, 6) is 0. The Hall–Kier alpha value is 2.61. The van der Waals surface area contributed by atoms with Gasteiger partial charge in [-0.3, -0.25) is 0 Å². The third kappa shape index (κ3) is 396. The van der Waals surface area contributed by atoms with Gasteiger partial charge >= 0.3 is 0 Å². The molecule has 0 aromatic carbocycles. The van der Waals surface area contributed by atoms with E-state index in [9.17, 15) is 0 Å². The molecule has 110 valence electrons. The van der Waals surface area contributed by atoms with Crippen molar-refractivity contribution in [2.75, 3.05) is 0 Å². The van der Waals surface area contributed by atoms with Crippen LogP contribution in [0.2, 0.25) is 0 Å². The minimum Gasteiger partial charge on any atom is -0.344 e. The SMILES string of the molecule is N.N.N.N.[Mn].[Mn].[SiH4].[SiH4].[SiH4].[SiH4].[SiH4].[SiH4].[SiH4].[SiH4]. The summed E-state index contributed by atoms with van der Waals surface area (Å²) in [5.41, 5.74) is 0. The van der Waals surface area contributed by atoms with Crippen LogP contribution in [-0.4, -0.2) is 87.7 Å². The van der Waals surface area contributed by atoms with Crippen molar-refractivity contribution in [3.63, 3.8) is 0 Å². The molecule has 0 saturated carbocycles. The third-order valence-corrected chi connectivity index (χ3v) is 0. The van der Waals surface area contributed by atoms with Gasteiger partial charge in [0.25, 0.3) is 0 Å². The van der Waals surface area contributed by atoms with E-state index < -0.39 is 0 Å². The van der Waals surface area contributed by atoms with Crippen LogP contribution in [0.5, 0.6) is 0 Å². The first kappa shape index (κ1) is 593. The predicted molar refractivity (Wildman–Crippen MR) is 111 cm³/mol. The van der Waals surface area contributed by atoms with E-state index in [4.69, 9.17) is 0 Å². The Morgan fingerprint density at radius 3 is 0.214 bits per heavy atom. The van der Waals surface area contributed by atoms with Crippen molar-refractivity contribution in [2.24, 2.45) is 0 Å². The molecule has 2 radical (unpaired) electrons. The third-order valence-electron chi connectivity index (χ3n) is 0. The Kier molecular flexibility index (Phi) is 20700. The summed E-state index contributed by atoms with van der Waals surface area (Å²) in [7, 11) is 0. The van der Waals surface area contributed by atoms with Gasteiger partial charge in [0.15, 0.2) is 0 Å². The maximum Gasteiger partial charge on any atom is 0 e. The minimum atomic E-state index is 0. The molecular formula is H44Mn2N4Si8. The van der Waals surface area contributed by atoms with Crippen molar-refractivity contribution in [3.05, 3.63) is 0 Å². The summed E-state index contributed by atoms with van der Waals surface area (Å²) >= 11 is 0. The van der Waals surface area contributed by atoms with Gasteiger partial charge < -0.3 is 24.6 Å². The van der Waals surface area contributed by atoms with E-state index in [1.165, 1.54) is 0 Å². The van der Waals surface area contributed by atoms with Crippen LogP contribution in [0.4, 0.5) is 0 Å². The fourth-order valence-corrected chi connectivity index (χ4v) is 0. The molecule has 0 amide bonds. The molecule has 0 heterocycles. The zero-order valence-corrected chi connectivity index (χ0v) is 5.95. The maximum absolute atomic E-state index is 0. The van der Waals surface area contributed by atoms with Gasteiger partial charge in [0.1, 0.15) is 0 Å². The van der Waals surface area contributed by atoms with Crippen molar-refractivity contribution in [1.29, 1.82) is 0 Å². The molecule has 0 bridgehead atoms. The van der Waals surface area contributed by atoms with Crippen molar-refractivity contribution in [3.8, 4) is 0 Å². The molecule has 0 aliphatic rings. The summed E-state index contributed by atoms with van der Waals surface area (Å²) in [6, 6.07) is 0. The predicted octanol–water partition coefficient (Wildman–Crippen LogP) is -11.0. The summed E-state index contributed by atoms with van der Waals surface area (Å²) in [6.45, 7) is 0. The van der Waals surface area contributed by atoms with E-state index in [0.717, 1.165) is 0 Å². The van der Waals surface area contributed by atoms with E-state index in [2.05, 4.69) is 0 Å². The standard InChI is InChI=1S/2Mn.4H3N.8H4Si/h;;4*1H3;8*1H4. The van der Waals surface area contributed by atoms with Crippen LogP contribution in [-0.2, 0) is 34.1 Å². The van der Waals surface area contributed by atoms with Gasteiger partial charge in [0.05, 0.1) is 0 Å². The second-order valence-corrected chi connectivity index (χ2v) is 0. The summed E-state index contributed by atoms with van der Waals surface area (Å²) in [5, 5.41) is 0. The normalized spacial score (nSPS) is 0. The van der Waals surface area contributed by atoms with Crippen molar-refractivity contribution >= 4 is 87.7 Å². The molecule has 0 saturated heterocycles. The largest absolute Gasteiger partial charge is 0.344 e. The minimum absolute atomic E-state index is 0. The molecule has 0 unspecified atom stereocenters. The van der Waals surface area contributed by atoms with E-state index in [1.54, 1.807) is 0 Å². The van der Waals surface area contributed by atoms with Crippen molar-refractivity contribution in [2.45, 2.75) is 0 Å². The van der Waals surface area contributed by atoms with Crippen LogP contribution in [0, 0.1) is 0 Å². The number of hydrogen-bond acceptors (Lipinski definition) is 4. The zero-order chi connectivity index (χ0) is 0. The molecule has 0 aromatic rings. The quantitative estimate of drug-likeness (QED) is 0.281. The van der Waals surface area contributed by atoms with Crippen molar-refractivity contribution < 1.29 is 34.1 Å². The fourth-order valence-electron chi connectivity index (χ4n) is 0. The molecular weight excluding hydrogens is 391 g/mol. The summed E-state index contributed by atoms with van der Waals surface area (Å²) < 4.78 is 0. The molecule has 0 rings (SSSR count). The van der Waals surface area contributed by atoms with Gasteiger partial charge in [-0.15, -0.1) is 0 Å². The molecule has 14 heavy (non-hydrogen) atoms. The fraction of sp³-hybridized carbons (Fsp3) is 0. The molecule has 12 N–H and O–H groups in total. The molecule has 0 aliphatic heterocycles. The molecule has 4 nitrogen and oxygen atoms in total. The van der Waals surface area contributed by atoms with Gasteiger partial charge in [-0.25, -0.2) is 0 Å². The smallest absolute Gasteiger partial charge is 0 e. The summed E-state index contributed by atoms with van der Waals surface area (Å²) in [6.07, 6.45) is 0. The second-order valence-electron chi connectivity index (χ2n) is 0. The van der Waals surface area contributed by atoms with E-state index in [-0.39, 0.29) is 146 Å². The van der Waals surface area contributed by atoms with Crippen molar-refractivity contribution in [1.82, 2.24) is 24.6 Å². The Labute approximate surface area is 145 Å². The Morgan fingerprint density at radius 1 is 0.214 bits per heavy atom. The Balaban J connectivity index is 0. The maximum atomic E-state index is 0. The first-order valence-electron chi connectivity index (χ1n) is 0. The zero-order valence-electron chi connectivity index (χ0n) is 3.58. The van der Waals surface area contributed by atoms with Gasteiger partial charge in [-0.1, -0.05) is 0 Å². The van der Waals surface area contributed by atoms with Crippen LogP contribution >= 0.6 is 0 Å². The molecule has 0 spiro atoms. The van der Waals surface area contributed by atoms with Gasteiger partial charge in [-0.2, -0.15) is 0 Å². The molecule has 0 aromatic heterocycles. The average molecular weight is 435 g/mol. The van der Waals surface area contributed by atoms with Crippen LogP contribution < -0.4 is 24.6 Å². The van der Waals surface area contributed by atoms with Gasteiger partial charge in [-0.05, 0) is 87.7 Å².